The van der Waals surface area contributed by atoms with E-state index in [0.717, 1.165) is 11.0 Å². The lowest BCUT2D eigenvalue weighted by Crippen LogP contribution is -2.05. The molecule has 0 aliphatic carbocycles. The Morgan fingerprint density at radius 1 is 1.31 bits per heavy atom. The molecule has 0 fully saturated rings. The molecule has 1 heterocycles. The first-order valence-corrected chi connectivity index (χ1v) is 5.33. The van der Waals surface area contributed by atoms with Gasteiger partial charge in [0.1, 0.15) is 16.9 Å². The Labute approximate surface area is 76.6 Å². The zero-order valence-corrected chi connectivity index (χ0v) is 7.84. The van der Waals surface area contributed by atoms with Gasteiger partial charge < -0.3 is 4.74 Å². The van der Waals surface area contributed by atoms with Crippen LogP contribution in [0.15, 0.2) is 34.8 Å². The van der Waals surface area contributed by atoms with Gasteiger partial charge in [-0.1, -0.05) is 6.07 Å². The van der Waals surface area contributed by atoms with Crippen LogP contribution in [-0.4, -0.2) is 8.42 Å². The van der Waals surface area contributed by atoms with E-state index in [1.165, 1.54) is 6.26 Å². The van der Waals surface area contributed by atoms with Gasteiger partial charge in [-0.2, -0.15) is 0 Å². The summed E-state index contributed by atoms with van der Waals surface area (Å²) in [5, 5.41) is 1.06. The van der Waals surface area contributed by atoms with Crippen LogP contribution in [0, 0.1) is 6.92 Å². The van der Waals surface area contributed by atoms with Crippen molar-refractivity contribution in [2.45, 2.75) is 11.8 Å². The van der Waals surface area contributed by atoms with E-state index in [1.54, 1.807) is 12.1 Å². The van der Waals surface area contributed by atoms with Gasteiger partial charge in [0.05, 0.1) is 5.41 Å². The smallest absolute Gasteiger partial charge is 0.206 e. The highest BCUT2D eigenvalue weighted by Crippen LogP contribution is 2.29. The second kappa shape index (κ2) is 2.60. The number of rotatable bonds is 0. The fourth-order valence-corrected chi connectivity index (χ4v) is 2.28. The van der Waals surface area contributed by atoms with Gasteiger partial charge >= 0.3 is 0 Å². The third-order valence-corrected chi connectivity index (χ3v) is 3.24. The molecule has 0 unspecified atom stereocenters. The molecule has 0 radical (unpaired) electrons. The third kappa shape index (κ3) is 1.33. The van der Waals surface area contributed by atoms with E-state index in [-0.39, 0.29) is 4.90 Å². The molecule has 0 spiro atoms. The Bertz CT molecular complexity index is 472. The molecule has 68 valence electrons. The predicted molar refractivity (Wildman–Crippen MR) is 48.1 cm³/mol. The lowest BCUT2D eigenvalue weighted by molar-refractivity contribution is 0.460. The van der Waals surface area contributed by atoms with E-state index in [2.05, 4.69) is 0 Å². The molecule has 4 heteroatoms. The number of benzene rings is 1. The fourth-order valence-electron chi connectivity index (χ4n) is 1.18. The van der Waals surface area contributed by atoms with E-state index in [1.807, 2.05) is 13.0 Å². The van der Waals surface area contributed by atoms with E-state index in [4.69, 9.17) is 4.74 Å². The van der Waals surface area contributed by atoms with E-state index < -0.39 is 9.84 Å². The number of ether oxygens (including phenoxy) is 1. The Kier molecular flexibility index (Phi) is 1.66. The van der Waals surface area contributed by atoms with Crippen LogP contribution in [0.3, 0.4) is 0 Å². The van der Waals surface area contributed by atoms with Crippen molar-refractivity contribution < 1.29 is 13.2 Å². The van der Waals surface area contributed by atoms with Gasteiger partial charge in [-0.15, -0.1) is 0 Å². The molecule has 2 rings (SSSR count). The molecule has 0 amide bonds. The predicted octanol–water partition coefficient (Wildman–Crippen LogP) is 1.63. The summed E-state index contributed by atoms with van der Waals surface area (Å²) in [6.45, 7) is 1.84. The standard InChI is InChI=1S/C9H8O3S/c1-7-2-3-8-9(6-7)13(10,11)5-4-12-8/h2-6H,1H3. The number of hydrogen-bond donors (Lipinski definition) is 0. The van der Waals surface area contributed by atoms with Crippen molar-refractivity contribution >= 4 is 9.84 Å². The summed E-state index contributed by atoms with van der Waals surface area (Å²) in [5.74, 6) is 0.396. The van der Waals surface area contributed by atoms with Gasteiger partial charge in [0, 0.05) is 0 Å². The monoisotopic (exact) mass is 196 g/mol. The number of fused-ring (bicyclic) bond motifs is 1. The molecule has 1 aliphatic rings. The average Bonchev–Trinajstić information content (AvgIpc) is 2.06. The van der Waals surface area contributed by atoms with Crippen LogP contribution in [0.2, 0.25) is 0 Å². The molecule has 0 N–H and O–H groups in total. The molecule has 1 aromatic carbocycles. The van der Waals surface area contributed by atoms with Gasteiger partial charge in [0.15, 0.2) is 0 Å². The maximum Gasteiger partial charge on any atom is 0.206 e. The van der Waals surface area contributed by atoms with Crippen LogP contribution >= 0.6 is 0 Å². The van der Waals surface area contributed by atoms with Crippen LogP contribution in [0.25, 0.3) is 0 Å². The number of aryl methyl sites for hydroxylation is 1. The van der Waals surface area contributed by atoms with E-state index in [9.17, 15) is 8.42 Å². The molecule has 0 atom stereocenters. The maximum atomic E-state index is 11.5. The fraction of sp³-hybridized carbons (Fsp3) is 0.111. The molecule has 13 heavy (non-hydrogen) atoms. The summed E-state index contributed by atoms with van der Waals surface area (Å²) in [6.07, 6.45) is 1.19. The first kappa shape index (κ1) is 8.31. The Balaban J connectivity index is 2.74. The van der Waals surface area contributed by atoms with Crippen molar-refractivity contribution in [3.05, 3.63) is 35.4 Å². The lowest BCUT2D eigenvalue weighted by Gasteiger charge is -2.11. The molecule has 3 nitrogen and oxygen atoms in total. The zero-order chi connectivity index (χ0) is 9.47. The van der Waals surface area contributed by atoms with Crippen molar-refractivity contribution in [2.75, 3.05) is 0 Å². The van der Waals surface area contributed by atoms with Crippen LogP contribution in [-0.2, 0) is 9.84 Å². The van der Waals surface area contributed by atoms with Crippen LogP contribution < -0.4 is 4.74 Å². The second-order valence-corrected chi connectivity index (χ2v) is 4.69. The van der Waals surface area contributed by atoms with E-state index >= 15 is 0 Å². The first-order valence-electron chi connectivity index (χ1n) is 3.78. The minimum Gasteiger partial charge on any atom is -0.463 e. The molecule has 1 aromatic rings. The number of sulfone groups is 1. The number of hydrogen-bond acceptors (Lipinski definition) is 3. The van der Waals surface area contributed by atoms with Gasteiger partial charge in [-0.3, -0.25) is 0 Å². The Morgan fingerprint density at radius 2 is 2.08 bits per heavy atom. The first-order chi connectivity index (χ1) is 6.09. The highest BCUT2D eigenvalue weighted by atomic mass is 32.2. The summed E-state index contributed by atoms with van der Waals surface area (Å²) >= 11 is 0. The normalized spacial score (nSPS) is 17.6. The Morgan fingerprint density at radius 3 is 2.85 bits per heavy atom. The van der Waals surface area contributed by atoms with Gasteiger partial charge in [0.25, 0.3) is 0 Å². The van der Waals surface area contributed by atoms with Crippen LogP contribution in [0.5, 0.6) is 5.75 Å². The van der Waals surface area contributed by atoms with Crippen molar-refractivity contribution in [3.8, 4) is 5.75 Å². The molecule has 0 aromatic heterocycles. The van der Waals surface area contributed by atoms with Crippen molar-refractivity contribution in [1.29, 1.82) is 0 Å². The molecular formula is C9H8O3S. The van der Waals surface area contributed by atoms with E-state index in [0.29, 0.717) is 5.75 Å². The van der Waals surface area contributed by atoms with Gasteiger partial charge in [-0.25, -0.2) is 8.42 Å². The minimum absolute atomic E-state index is 0.245. The average molecular weight is 196 g/mol. The molecule has 1 aliphatic heterocycles. The van der Waals surface area contributed by atoms with Gasteiger partial charge in [-0.05, 0) is 24.6 Å². The summed E-state index contributed by atoms with van der Waals surface area (Å²) < 4.78 is 28.0. The summed E-state index contributed by atoms with van der Waals surface area (Å²) in [6, 6.07) is 5.08. The highest BCUT2D eigenvalue weighted by molar-refractivity contribution is 7.94. The summed E-state index contributed by atoms with van der Waals surface area (Å²) in [7, 11) is -3.27. The molecule has 0 saturated carbocycles. The van der Waals surface area contributed by atoms with Crippen molar-refractivity contribution in [3.63, 3.8) is 0 Å². The SMILES string of the molecule is Cc1ccc2c(c1)S(=O)(=O)C=CO2. The third-order valence-electron chi connectivity index (χ3n) is 1.84. The molecular weight excluding hydrogens is 188 g/mol. The molecule has 0 bridgehead atoms. The van der Waals surface area contributed by atoms with Gasteiger partial charge in [0.2, 0.25) is 9.84 Å². The minimum atomic E-state index is -3.27. The lowest BCUT2D eigenvalue weighted by atomic mass is 10.2. The summed E-state index contributed by atoms with van der Waals surface area (Å²) in [5.41, 5.74) is 0.904. The van der Waals surface area contributed by atoms with Crippen LogP contribution in [0.4, 0.5) is 0 Å². The van der Waals surface area contributed by atoms with Crippen molar-refractivity contribution in [2.24, 2.45) is 0 Å². The zero-order valence-electron chi connectivity index (χ0n) is 7.02. The van der Waals surface area contributed by atoms with Crippen molar-refractivity contribution in [1.82, 2.24) is 0 Å². The molecule has 0 saturated heterocycles. The topological polar surface area (TPSA) is 43.4 Å². The second-order valence-electron chi connectivity index (χ2n) is 2.89. The highest BCUT2D eigenvalue weighted by Gasteiger charge is 2.20. The Hall–Kier alpha value is -1.29. The summed E-state index contributed by atoms with van der Waals surface area (Å²) in [4.78, 5) is 0.245. The maximum absolute atomic E-state index is 11.5. The quantitative estimate of drug-likeness (QED) is 0.633. The largest absolute Gasteiger partial charge is 0.463 e. The van der Waals surface area contributed by atoms with Crippen LogP contribution in [0.1, 0.15) is 5.56 Å².